The Kier molecular flexibility index (Phi) is 6.26. The predicted molar refractivity (Wildman–Crippen MR) is 119 cm³/mol. The first-order valence-corrected chi connectivity index (χ1v) is 10.4. The summed E-state index contributed by atoms with van der Waals surface area (Å²) in [6.07, 6.45) is 4.98. The van der Waals surface area contributed by atoms with E-state index in [0.717, 1.165) is 28.9 Å². The van der Waals surface area contributed by atoms with Gasteiger partial charge in [-0.05, 0) is 54.3 Å². The summed E-state index contributed by atoms with van der Waals surface area (Å²) in [7, 11) is 1.62. The summed E-state index contributed by atoms with van der Waals surface area (Å²) in [5.41, 5.74) is 3.44. The van der Waals surface area contributed by atoms with Gasteiger partial charge in [0.15, 0.2) is 0 Å². The van der Waals surface area contributed by atoms with E-state index in [0.29, 0.717) is 25.1 Å². The molecule has 2 heterocycles. The SMILES string of the molecule is COc1ccc(CNC(=O)C2CCCN2C(=O)c2cccc(-c3cccnc3)c2)cc1. The van der Waals surface area contributed by atoms with E-state index in [9.17, 15) is 9.59 Å². The lowest BCUT2D eigenvalue weighted by Crippen LogP contribution is -2.45. The van der Waals surface area contributed by atoms with Crippen molar-refractivity contribution in [1.82, 2.24) is 15.2 Å². The second-order valence-corrected chi connectivity index (χ2v) is 7.54. The molecule has 0 bridgehead atoms. The number of rotatable bonds is 6. The molecule has 3 aromatic rings. The molecule has 0 aliphatic carbocycles. The number of hydrogen-bond acceptors (Lipinski definition) is 4. The van der Waals surface area contributed by atoms with E-state index in [4.69, 9.17) is 4.74 Å². The van der Waals surface area contributed by atoms with Crippen LogP contribution in [-0.4, -0.2) is 41.4 Å². The van der Waals surface area contributed by atoms with Gasteiger partial charge in [-0.3, -0.25) is 14.6 Å². The Balaban J connectivity index is 1.44. The van der Waals surface area contributed by atoms with Gasteiger partial charge in [-0.2, -0.15) is 0 Å². The number of pyridine rings is 1. The molecule has 0 radical (unpaired) electrons. The average Bonchev–Trinajstić information content (AvgIpc) is 3.33. The zero-order valence-electron chi connectivity index (χ0n) is 17.5. The van der Waals surface area contributed by atoms with Crippen molar-refractivity contribution >= 4 is 11.8 Å². The summed E-state index contributed by atoms with van der Waals surface area (Å²) in [4.78, 5) is 31.9. The number of ether oxygens (including phenoxy) is 1. The van der Waals surface area contributed by atoms with Crippen molar-refractivity contribution < 1.29 is 14.3 Å². The second-order valence-electron chi connectivity index (χ2n) is 7.54. The van der Waals surface area contributed by atoms with Crippen LogP contribution in [0.15, 0.2) is 73.1 Å². The fourth-order valence-corrected chi connectivity index (χ4v) is 3.86. The first-order chi connectivity index (χ1) is 15.2. The van der Waals surface area contributed by atoms with E-state index in [1.54, 1.807) is 30.5 Å². The van der Waals surface area contributed by atoms with Crippen LogP contribution in [0.5, 0.6) is 5.75 Å². The minimum absolute atomic E-state index is 0.118. The van der Waals surface area contributed by atoms with E-state index in [1.165, 1.54) is 0 Å². The Labute approximate surface area is 181 Å². The number of nitrogens with one attached hydrogen (secondary N) is 1. The van der Waals surface area contributed by atoms with Crippen molar-refractivity contribution in [2.75, 3.05) is 13.7 Å². The van der Waals surface area contributed by atoms with Crippen molar-refractivity contribution in [2.24, 2.45) is 0 Å². The Morgan fingerprint density at radius 1 is 1.10 bits per heavy atom. The molecule has 1 N–H and O–H groups in total. The van der Waals surface area contributed by atoms with Crippen molar-refractivity contribution in [2.45, 2.75) is 25.4 Å². The normalized spacial score (nSPS) is 15.5. The van der Waals surface area contributed by atoms with Gasteiger partial charge in [-0.1, -0.05) is 30.3 Å². The number of methoxy groups -OCH3 is 1. The highest BCUT2D eigenvalue weighted by Crippen LogP contribution is 2.24. The number of carbonyl (C=O) groups is 2. The van der Waals surface area contributed by atoms with Gasteiger partial charge in [0, 0.05) is 36.6 Å². The molecule has 6 heteroatoms. The quantitative estimate of drug-likeness (QED) is 0.667. The zero-order chi connectivity index (χ0) is 21.6. The third-order valence-electron chi connectivity index (χ3n) is 5.55. The average molecular weight is 415 g/mol. The Morgan fingerprint density at radius 2 is 1.90 bits per heavy atom. The van der Waals surface area contributed by atoms with Gasteiger partial charge in [-0.25, -0.2) is 0 Å². The lowest BCUT2D eigenvalue weighted by Gasteiger charge is -2.24. The topological polar surface area (TPSA) is 71.5 Å². The standard InChI is InChI=1S/C25H25N3O3/c1-31-22-11-9-18(10-12-22)16-27-24(29)23-8-4-14-28(23)25(30)20-6-2-5-19(15-20)21-7-3-13-26-17-21/h2-3,5-7,9-13,15,17,23H,4,8,14,16H2,1H3,(H,27,29). The van der Waals surface area contributed by atoms with Gasteiger partial charge in [0.05, 0.1) is 7.11 Å². The van der Waals surface area contributed by atoms with Gasteiger partial charge in [-0.15, -0.1) is 0 Å². The molecule has 6 nitrogen and oxygen atoms in total. The largest absolute Gasteiger partial charge is 0.497 e. The van der Waals surface area contributed by atoms with E-state index in [2.05, 4.69) is 10.3 Å². The Hall–Kier alpha value is -3.67. The van der Waals surface area contributed by atoms with Crippen LogP contribution in [0.2, 0.25) is 0 Å². The molecule has 1 fully saturated rings. The van der Waals surface area contributed by atoms with Gasteiger partial charge in [0.25, 0.3) is 5.91 Å². The van der Waals surface area contributed by atoms with E-state index in [-0.39, 0.29) is 11.8 Å². The summed E-state index contributed by atoms with van der Waals surface area (Å²) in [6.45, 7) is 0.994. The maximum absolute atomic E-state index is 13.2. The minimum Gasteiger partial charge on any atom is -0.497 e. The second kappa shape index (κ2) is 9.43. The highest BCUT2D eigenvalue weighted by atomic mass is 16.5. The molecule has 0 saturated carbocycles. The van der Waals surface area contributed by atoms with Gasteiger partial charge in [0.2, 0.25) is 5.91 Å². The molecule has 4 rings (SSSR count). The Bertz CT molecular complexity index is 1050. The van der Waals surface area contributed by atoms with Crippen LogP contribution < -0.4 is 10.1 Å². The molecule has 1 aliphatic rings. The first-order valence-electron chi connectivity index (χ1n) is 10.4. The molecule has 1 aromatic heterocycles. The molecular formula is C25H25N3O3. The third-order valence-corrected chi connectivity index (χ3v) is 5.55. The zero-order valence-corrected chi connectivity index (χ0v) is 17.5. The monoisotopic (exact) mass is 415 g/mol. The molecule has 1 aliphatic heterocycles. The molecule has 158 valence electrons. The fourth-order valence-electron chi connectivity index (χ4n) is 3.86. The van der Waals surface area contributed by atoms with Crippen LogP contribution in [0.25, 0.3) is 11.1 Å². The maximum atomic E-state index is 13.2. The molecule has 31 heavy (non-hydrogen) atoms. The number of nitrogens with zero attached hydrogens (tertiary/aromatic N) is 2. The van der Waals surface area contributed by atoms with Gasteiger partial charge in [0.1, 0.15) is 11.8 Å². The number of carbonyl (C=O) groups excluding carboxylic acids is 2. The predicted octanol–water partition coefficient (Wildman–Crippen LogP) is 3.68. The number of aromatic nitrogens is 1. The summed E-state index contributed by atoms with van der Waals surface area (Å²) in [6, 6.07) is 18.4. The summed E-state index contributed by atoms with van der Waals surface area (Å²) in [5.74, 6) is 0.536. The number of amides is 2. The molecule has 2 amide bonds. The van der Waals surface area contributed by atoms with Crippen LogP contribution in [0.4, 0.5) is 0 Å². The Morgan fingerprint density at radius 3 is 2.65 bits per heavy atom. The smallest absolute Gasteiger partial charge is 0.254 e. The minimum atomic E-state index is -0.451. The van der Waals surface area contributed by atoms with Crippen molar-refractivity contribution in [3.05, 3.63) is 84.2 Å². The molecule has 2 aromatic carbocycles. The molecular weight excluding hydrogens is 390 g/mol. The molecule has 1 atom stereocenters. The van der Waals surface area contributed by atoms with Crippen molar-refractivity contribution in [1.29, 1.82) is 0 Å². The van der Waals surface area contributed by atoms with Gasteiger partial charge >= 0.3 is 0 Å². The van der Waals surface area contributed by atoms with Crippen LogP contribution >= 0.6 is 0 Å². The summed E-state index contributed by atoms with van der Waals surface area (Å²) in [5, 5.41) is 2.97. The summed E-state index contributed by atoms with van der Waals surface area (Å²) >= 11 is 0. The number of benzene rings is 2. The fraction of sp³-hybridized carbons (Fsp3) is 0.240. The van der Waals surface area contributed by atoms with Crippen LogP contribution in [-0.2, 0) is 11.3 Å². The number of hydrogen-bond donors (Lipinski definition) is 1. The van der Waals surface area contributed by atoms with E-state index in [1.807, 2.05) is 54.6 Å². The lowest BCUT2D eigenvalue weighted by atomic mass is 10.0. The van der Waals surface area contributed by atoms with Crippen LogP contribution in [0.3, 0.4) is 0 Å². The first kappa shape index (κ1) is 20.6. The third kappa shape index (κ3) is 4.74. The molecule has 1 unspecified atom stereocenters. The highest BCUT2D eigenvalue weighted by Gasteiger charge is 2.34. The van der Waals surface area contributed by atoms with E-state index >= 15 is 0 Å². The van der Waals surface area contributed by atoms with Gasteiger partial charge < -0.3 is 15.0 Å². The van der Waals surface area contributed by atoms with Crippen molar-refractivity contribution in [3.8, 4) is 16.9 Å². The van der Waals surface area contributed by atoms with Crippen molar-refractivity contribution in [3.63, 3.8) is 0 Å². The maximum Gasteiger partial charge on any atom is 0.254 e. The van der Waals surface area contributed by atoms with E-state index < -0.39 is 6.04 Å². The lowest BCUT2D eigenvalue weighted by molar-refractivity contribution is -0.125. The summed E-state index contributed by atoms with van der Waals surface area (Å²) < 4.78 is 5.16. The molecule has 1 saturated heterocycles. The highest BCUT2D eigenvalue weighted by molar-refractivity contribution is 5.98. The van der Waals surface area contributed by atoms with Crippen LogP contribution in [0, 0.1) is 0 Å². The van der Waals surface area contributed by atoms with Crippen LogP contribution in [0.1, 0.15) is 28.8 Å². The molecule has 0 spiro atoms. The number of likely N-dealkylation sites (tertiary alicyclic amines) is 1.